The molecule has 11 nitrogen and oxygen atoms in total. The van der Waals surface area contributed by atoms with Gasteiger partial charge in [0, 0.05) is 13.0 Å². The first-order valence-electron chi connectivity index (χ1n) is 15.7. The van der Waals surface area contributed by atoms with E-state index in [0.29, 0.717) is 60.4 Å². The zero-order chi connectivity index (χ0) is 35.6. The van der Waals surface area contributed by atoms with E-state index < -0.39 is 32.0 Å². The summed E-state index contributed by atoms with van der Waals surface area (Å²) < 4.78 is 51.3. The van der Waals surface area contributed by atoms with E-state index in [1.807, 2.05) is 0 Å². The van der Waals surface area contributed by atoms with Crippen molar-refractivity contribution in [1.82, 2.24) is 0 Å². The van der Waals surface area contributed by atoms with Crippen LogP contribution in [0.4, 0.5) is 0 Å². The number of carbonyl (C=O) groups excluding carboxylic acids is 2. The van der Waals surface area contributed by atoms with Crippen molar-refractivity contribution >= 4 is 20.3 Å². The molecule has 0 aliphatic carbocycles. The quantitative estimate of drug-likeness (QED) is 0.0942. The molecule has 0 radical (unpaired) electrons. The molecule has 1 unspecified atom stereocenters. The first-order valence-corrected chi connectivity index (χ1v) is 18.6. The van der Waals surface area contributed by atoms with Crippen molar-refractivity contribution in [2.75, 3.05) is 48.8 Å². The van der Waals surface area contributed by atoms with Gasteiger partial charge in [0.15, 0.2) is 31.3 Å². The van der Waals surface area contributed by atoms with Crippen LogP contribution in [0.5, 0.6) is 34.5 Å². The predicted molar refractivity (Wildman–Crippen MR) is 183 cm³/mol. The highest BCUT2D eigenvalue weighted by atomic mass is 28.4. The van der Waals surface area contributed by atoms with Crippen LogP contribution < -0.4 is 28.4 Å². The SMILES string of the molecule is COc1cc(C(=O)OC(CCCOc2cc(C(=O)OC(C)(C)C)cc(OC)c2OC)CCO[Si](C)(C)C(C)(C)C)cc(OC)c1OC. The molecular weight excluding hydrogens is 624 g/mol. The number of rotatable bonds is 17. The highest BCUT2D eigenvalue weighted by Crippen LogP contribution is 2.40. The third-order valence-electron chi connectivity index (χ3n) is 7.89. The van der Waals surface area contributed by atoms with Gasteiger partial charge >= 0.3 is 11.9 Å². The Hall–Kier alpha value is -3.64. The Kier molecular flexibility index (Phi) is 14.3. The van der Waals surface area contributed by atoms with Gasteiger partial charge in [0.2, 0.25) is 11.5 Å². The number of methoxy groups -OCH3 is 5. The molecule has 1 atom stereocenters. The molecule has 12 heteroatoms. The Labute approximate surface area is 281 Å². The molecule has 0 aliphatic heterocycles. The molecule has 2 aromatic rings. The maximum Gasteiger partial charge on any atom is 0.338 e. The largest absolute Gasteiger partial charge is 0.493 e. The number of ether oxygens (including phenoxy) is 8. The molecule has 0 amide bonds. The molecule has 0 aromatic heterocycles. The van der Waals surface area contributed by atoms with Crippen molar-refractivity contribution in [2.45, 2.75) is 90.6 Å². The molecule has 0 spiro atoms. The van der Waals surface area contributed by atoms with Gasteiger partial charge in [-0.2, -0.15) is 0 Å². The minimum absolute atomic E-state index is 0.0389. The fraction of sp³-hybridized carbons (Fsp3) is 0.600. The first-order chi connectivity index (χ1) is 21.9. The molecule has 0 N–H and O–H groups in total. The first kappa shape index (κ1) is 39.5. The Bertz CT molecular complexity index is 1320. The summed E-state index contributed by atoms with van der Waals surface area (Å²) in [6.07, 6.45) is 1.03. The third-order valence-corrected chi connectivity index (χ3v) is 12.4. The van der Waals surface area contributed by atoms with Gasteiger partial charge in [-0.1, -0.05) is 20.8 Å². The van der Waals surface area contributed by atoms with Gasteiger partial charge in [-0.15, -0.1) is 0 Å². The minimum Gasteiger partial charge on any atom is -0.493 e. The zero-order valence-electron chi connectivity index (χ0n) is 30.4. The predicted octanol–water partition coefficient (Wildman–Crippen LogP) is 7.48. The maximum absolute atomic E-state index is 13.4. The van der Waals surface area contributed by atoms with E-state index in [-0.39, 0.29) is 22.8 Å². The Balaban J connectivity index is 2.25. The number of hydrogen-bond donors (Lipinski definition) is 0. The molecular formula is C35H54O11Si. The summed E-state index contributed by atoms with van der Waals surface area (Å²) in [6, 6.07) is 6.26. The van der Waals surface area contributed by atoms with E-state index in [1.54, 1.807) is 45.0 Å². The van der Waals surface area contributed by atoms with Crippen LogP contribution in [0.15, 0.2) is 24.3 Å². The average Bonchev–Trinajstić information content (AvgIpc) is 2.99. The van der Waals surface area contributed by atoms with E-state index in [4.69, 9.17) is 42.3 Å². The zero-order valence-corrected chi connectivity index (χ0v) is 31.4. The van der Waals surface area contributed by atoms with Crippen LogP contribution in [-0.2, 0) is 13.9 Å². The van der Waals surface area contributed by atoms with Gasteiger partial charge in [-0.3, -0.25) is 0 Å². The lowest BCUT2D eigenvalue weighted by Crippen LogP contribution is -2.41. The van der Waals surface area contributed by atoms with E-state index in [1.165, 1.54) is 35.5 Å². The molecule has 0 saturated heterocycles. The molecule has 0 bridgehead atoms. The lowest BCUT2D eigenvalue weighted by molar-refractivity contribution is 0.00680. The van der Waals surface area contributed by atoms with Crippen LogP contribution in [-0.4, -0.2) is 80.7 Å². The van der Waals surface area contributed by atoms with Crippen molar-refractivity contribution in [1.29, 1.82) is 0 Å². The maximum atomic E-state index is 13.4. The molecule has 0 heterocycles. The molecule has 2 rings (SSSR count). The molecule has 264 valence electrons. The van der Waals surface area contributed by atoms with Crippen LogP contribution >= 0.6 is 0 Å². The fourth-order valence-electron chi connectivity index (χ4n) is 4.33. The van der Waals surface area contributed by atoms with Gasteiger partial charge in [-0.05, 0) is 76.0 Å². The monoisotopic (exact) mass is 678 g/mol. The Morgan fingerprint density at radius 1 is 0.660 bits per heavy atom. The van der Waals surface area contributed by atoms with E-state index >= 15 is 0 Å². The molecule has 47 heavy (non-hydrogen) atoms. The summed E-state index contributed by atoms with van der Waals surface area (Å²) in [7, 11) is 5.44. The number of esters is 2. The molecule has 0 fully saturated rings. The smallest absolute Gasteiger partial charge is 0.338 e. The second kappa shape index (κ2) is 17.0. The summed E-state index contributed by atoms with van der Waals surface area (Å²) in [6.45, 7) is 17.0. The van der Waals surface area contributed by atoms with Gasteiger partial charge in [0.1, 0.15) is 11.7 Å². The lowest BCUT2D eigenvalue weighted by atomic mass is 10.1. The van der Waals surface area contributed by atoms with Crippen LogP contribution in [0.2, 0.25) is 18.1 Å². The summed E-state index contributed by atoms with van der Waals surface area (Å²) in [5, 5.41) is 0.0389. The van der Waals surface area contributed by atoms with Gasteiger partial charge in [-0.25, -0.2) is 9.59 Å². The highest BCUT2D eigenvalue weighted by molar-refractivity contribution is 6.74. The summed E-state index contributed by atoms with van der Waals surface area (Å²) in [4.78, 5) is 26.2. The van der Waals surface area contributed by atoms with E-state index in [9.17, 15) is 9.59 Å². The number of hydrogen-bond acceptors (Lipinski definition) is 11. The van der Waals surface area contributed by atoms with Gasteiger partial charge in [0.05, 0.1) is 53.3 Å². The lowest BCUT2D eigenvalue weighted by Gasteiger charge is -2.36. The second-order valence-electron chi connectivity index (χ2n) is 13.5. The van der Waals surface area contributed by atoms with Crippen molar-refractivity contribution < 1.29 is 51.9 Å². The molecule has 0 saturated carbocycles. The topological polar surface area (TPSA) is 117 Å². The fourth-order valence-corrected chi connectivity index (χ4v) is 5.39. The van der Waals surface area contributed by atoms with Crippen molar-refractivity contribution in [3.63, 3.8) is 0 Å². The normalized spacial score (nSPS) is 12.5. The number of benzene rings is 2. The standard InChI is InChI=1S/C35H54O11Si/c1-34(2,3)46-33(37)24-21-28(40-9)31(42-11)29(22-24)43-17-14-15-25(16-18-44-47(12,13)35(4,5)6)45-32(36)23-19-26(38-7)30(41-10)27(20-23)39-8/h19-22,25H,14-18H2,1-13H3. The summed E-state index contributed by atoms with van der Waals surface area (Å²) in [5.74, 6) is 1.07. The average molecular weight is 679 g/mol. The van der Waals surface area contributed by atoms with Crippen molar-refractivity contribution in [3.8, 4) is 34.5 Å². The Morgan fingerprint density at radius 2 is 1.13 bits per heavy atom. The van der Waals surface area contributed by atoms with Crippen molar-refractivity contribution in [3.05, 3.63) is 35.4 Å². The van der Waals surface area contributed by atoms with E-state index in [2.05, 4.69) is 33.9 Å². The molecule has 0 aliphatic rings. The third kappa shape index (κ3) is 11.2. The van der Waals surface area contributed by atoms with Crippen LogP contribution in [0.1, 0.15) is 81.5 Å². The van der Waals surface area contributed by atoms with E-state index in [0.717, 1.165) is 0 Å². The van der Waals surface area contributed by atoms with Gasteiger partial charge in [0.25, 0.3) is 0 Å². The van der Waals surface area contributed by atoms with Crippen LogP contribution in [0.25, 0.3) is 0 Å². The number of carbonyl (C=O) groups is 2. The van der Waals surface area contributed by atoms with Crippen LogP contribution in [0.3, 0.4) is 0 Å². The summed E-state index contributed by atoms with van der Waals surface area (Å²) >= 11 is 0. The summed E-state index contributed by atoms with van der Waals surface area (Å²) in [5.41, 5.74) is -0.136. The Morgan fingerprint density at radius 3 is 1.57 bits per heavy atom. The minimum atomic E-state index is -2.02. The second-order valence-corrected chi connectivity index (χ2v) is 18.4. The molecule has 2 aromatic carbocycles. The van der Waals surface area contributed by atoms with Crippen LogP contribution in [0, 0.1) is 0 Å². The highest BCUT2D eigenvalue weighted by Gasteiger charge is 2.37. The van der Waals surface area contributed by atoms with Gasteiger partial charge < -0.3 is 42.3 Å². The van der Waals surface area contributed by atoms with Crippen molar-refractivity contribution in [2.24, 2.45) is 0 Å².